The number of rotatable bonds is 4. The summed E-state index contributed by atoms with van der Waals surface area (Å²) >= 11 is 1.59. The van der Waals surface area contributed by atoms with Gasteiger partial charge in [0, 0.05) is 17.7 Å². The van der Waals surface area contributed by atoms with Crippen LogP contribution in [0.2, 0.25) is 0 Å². The Morgan fingerprint density at radius 3 is 2.56 bits per heavy atom. The molecular formula is C13H18N2O2S. The number of nitrogens with one attached hydrogen (secondary N) is 2. The van der Waals surface area contributed by atoms with E-state index in [1.165, 1.54) is 0 Å². The lowest BCUT2D eigenvalue weighted by atomic mass is 10.1. The number of amides is 2. The molecular weight excluding hydrogens is 248 g/mol. The standard InChI is InChI=1S/C13H18N2O2S/c1-9-4-5-11(10(2)8-9)13(17)15-14-12(16)6-7-18-3/h4-5,8H,6-7H2,1-3H3,(H,14,16)(H,15,17). The van der Waals surface area contributed by atoms with E-state index in [2.05, 4.69) is 10.9 Å². The quantitative estimate of drug-likeness (QED) is 0.817. The molecule has 2 amide bonds. The zero-order valence-corrected chi connectivity index (χ0v) is 11.7. The van der Waals surface area contributed by atoms with E-state index in [1.807, 2.05) is 32.2 Å². The Hall–Kier alpha value is -1.49. The average molecular weight is 266 g/mol. The molecule has 0 aliphatic carbocycles. The summed E-state index contributed by atoms with van der Waals surface area (Å²) in [5, 5.41) is 0. The lowest BCUT2D eigenvalue weighted by Crippen LogP contribution is -2.42. The Kier molecular flexibility index (Phi) is 5.71. The molecule has 0 unspecified atom stereocenters. The van der Waals surface area contributed by atoms with E-state index >= 15 is 0 Å². The van der Waals surface area contributed by atoms with E-state index < -0.39 is 0 Å². The third kappa shape index (κ3) is 4.41. The third-order valence-electron chi connectivity index (χ3n) is 2.48. The predicted octanol–water partition coefficient (Wildman–Crippen LogP) is 1.82. The van der Waals surface area contributed by atoms with E-state index in [4.69, 9.17) is 0 Å². The van der Waals surface area contributed by atoms with E-state index in [1.54, 1.807) is 17.8 Å². The summed E-state index contributed by atoms with van der Waals surface area (Å²) in [7, 11) is 0. The van der Waals surface area contributed by atoms with E-state index in [0.717, 1.165) is 16.9 Å². The van der Waals surface area contributed by atoms with Crippen molar-refractivity contribution in [1.82, 2.24) is 10.9 Å². The normalized spacial score (nSPS) is 9.94. The molecule has 0 spiro atoms. The number of thioether (sulfide) groups is 1. The van der Waals surface area contributed by atoms with Gasteiger partial charge in [-0.3, -0.25) is 20.4 Å². The SMILES string of the molecule is CSCCC(=O)NNC(=O)c1ccc(C)cc1C. The Bertz CT molecular complexity index is 447. The van der Waals surface area contributed by atoms with Gasteiger partial charge in [0.15, 0.2) is 0 Å². The molecule has 0 fully saturated rings. The first-order valence-electron chi connectivity index (χ1n) is 5.70. The van der Waals surface area contributed by atoms with Crippen LogP contribution in [0.15, 0.2) is 18.2 Å². The number of carbonyl (C=O) groups is 2. The van der Waals surface area contributed by atoms with Crippen LogP contribution in [0.5, 0.6) is 0 Å². The van der Waals surface area contributed by atoms with Crippen LogP contribution in [0.4, 0.5) is 0 Å². The predicted molar refractivity (Wildman–Crippen MR) is 74.5 cm³/mol. The van der Waals surface area contributed by atoms with Crippen molar-refractivity contribution in [2.24, 2.45) is 0 Å². The van der Waals surface area contributed by atoms with Crippen LogP contribution < -0.4 is 10.9 Å². The molecule has 0 radical (unpaired) electrons. The van der Waals surface area contributed by atoms with E-state index in [-0.39, 0.29) is 11.8 Å². The van der Waals surface area contributed by atoms with Crippen molar-refractivity contribution in [3.63, 3.8) is 0 Å². The molecule has 18 heavy (non-hydrogen) atoms. The van der Waals surface area contributed by atoms with Crippen molar-refractivity contribution in [3.05, 3.63) is 34.9 Å². The van der Waals surface area contributed by atoms with Gasteiger partial charge in [-0.1, -0.05) is 17.7 Å². The van der Waals surface area contributed by atoms with Crippen LogP contribution >= 0.6 is 11.8 Å². The highest BCUT2D eigenvalue weighted by atomic mass is 32.2. The van der Waals surface area contributed by atoms with Crippen LogP contribution in [0, 0.1) is 13.8 Å². The van der Waals surface area contributed by atoms with Gasteiger partial charge >= 0.3 is 0 Å². The minimum Gasteiger partial charge on any atom is -0.273 e. The van der Waals surface area contributed by atoms with Gasteiger partial charge in [-0.25, -0.2) is 0 Å². The molecule has 4 nitrogen and oxygen atoms in total. The summed E-state index contributed by atoms with van der Waals surface area (Å²) < 4.78 is 0. The molecule has 1 rings (SSSR count). The van der Waals surface area contributed by atoms with Gasteiger partial charge in [0.2, 0.25) is 5.91 Å². The fraction of sp³-hybridized carbons (Fsp3) is 0.385. The summed E-state index contributed by atoms with van der Waals surface area (Å²) in [5.74, 6) is 0.276. The number of hydrogen-bond acceptors (Lipinski definition) is 3. The molecule has 0 aliphatic rings. The molecule has 0 bridgehead atoms. The second kappa shape index (κ2) is 7.06. The number of hydrogen-bond donors (Lipinski definition) is 2. The van der Waals surface area contributed by atoms with Gasteiger partial charge in [-0.15, -0.1) is 0 Å². The van der Waals surface area contributed by atoms with Gasteiger partial charge in [-0.05, 0) is 31.7 Å². The topological polar surface area (TPSA) is 58.2 Å². The second-order valence-electron chi connectivity index (χ2n) is 4.06. The zero-order valence-electron chi connectivity index (χ0n) is 10.9. The summed E-state index contributed by atoms with van der Waals surface area (Å²) in [6.45, 7) is 3.84. The van der Waals surface area contributed by atoms with E-state index in [9.17, 15) is 9.59 Å². The fourth-order valence-electron chi connectivity index (χ4n) is 1.52. The van der Waals surface area contributed by atoms with Crippen LogP contribution in [0.25, 0.3) is 0 Å². The molecule has 0 aliphatic heterocycles. The van der Waals surface area contributed by atoms with Crippen LogP contribution in [-0.4, -0.2) is 23.8 Å². The first kappa shape index (κ1) is 14.6. The summed E-state index contributed by atoms with van der Waals surface area (Å²) in [4.78, 5) is 23.2. The van der Waals surface area contributed by atoms with Gasteiger partial charge < -0.3 is 0 Å². The van der Waals surface area contributed by atoms with Gasteiger partial charge in [-0.2, -0.15) is 11.8 Å². The molecule has 0 saturated carbocycles. The molecule has 98 valence electrons. The maximum absolute atomic E-state index is 11.8. The van der Waals surface area contributed by atoms with Crippen molar-refractivity contribution in [3.8, 4) is 0 Å². The first-order valence-corrected chi connectivity index (χ1v) is 7.09. The van der Waals surface area contributed by atoms with Crippen molar-refractivity contribution in [2.75, 3.05) is 12.0 Å². The smallest absolute Gasteiger partial charge is 0.269 e. The Morgan fingerprint density at radius 2 is 1.94 bits per heavy atom. The molecule has 1 aromatic rings. The third-order valence-corrected chi connectivity index (χ3v) is 3.09. The molecule has 5 heteroatoms. The first-order chi connectivity index (χ1) is 8.54. The zero-order chi connectivity index (χ0) is 13.5. The lowest BCUT2D eigenvalue weighted by Gasteiger charge is -2.09. The number of hydrazine groups is 1. The maximum Gasteiger partial charge on any atom is 0.269 e. The maximum atomic E-state index is 11.8. The lowest BCUT2D eigenvalue weighted by molar-refractivity contribution is -0.121. The molecule has 0 aromatic heterocycles. The van der Waals surface area contributed by atoms with Crippen molar-refractivity contribution < 1.29 is 9.59 Å². The highest BCUT2D eigenvalue weighted by molar-refractivity contribution is 7.98. The Labute approximate surface area is 112 Å². The highest BCUT2D eigenvalue weighted by Gasteiger charge is 2.09. The number of aryl methyl sites for hydroxylation is 2. The second-order valence-corrected chi connectivity index (χ2v) is 5.05. The molecule has 1 aromatic carbocycles. The minimum absolute atomic E-state index is 0.178. The van der Waals surface area contributed by atoms with Crippen LogP contribution in [-0.2, 0) is 4.79 Å². The minimum atomic E-state index is -0.287. The van der Waals surface area contributed by atoms with Crippen molar-refractivity contribution in [1.29, 1.82) is 0 Å². The van der Waals surface area contributed by atoms with Gasteiger partial charge in [0.1, 0.15) is 0 Å². The van der Waals surface area contributed by atoms with Crippen LogP contribution in [0.3, 0.4) is 0 Å². The van der Waals surface area contributed by atoms with Crippen molar-refractivity contribution in [2.45, 2.75) is 20.3 Å². The summed E-state index contributed by atoms with van der Waals surface area (Å²) in [5.41, 5.74) is 7.40. The summed E-state index contributed by atoms with van der Waals surface area (Å²) in [6.07, 6.45) is 2.33. The monoisotopic (exact) mass is 266 g/mol. The number of benzene rings is 1. The average Bonchev–Trinajstić information content (AvgIpc) is 2.33. The largest absolute Gasteiger partial charge is 0.273 e. The Morgan fingerprint density at radius 1 is 1.22 bits per heavy atom. The van der Waals surface area contributed by atoms with Crippen molar-refractivity contribution >= 4 is 23.6 Å². The molecule has 0 heterocycles. The van der Waals surface area contributed by atoms with E-state index in [0.29, 0.717) is 12.0 Å². The van der Waals surface area contributed by atoms with Gasteiger partial charge in [0.25, 0.3) is 5.91 Å². The summed E-state index contributed by atoms with van der Waals surface area (Å²) in [6, 6.07) is 5.57. The highest BCUT2D eigenvalue weighted by Crippen LogP contribution is 2.09. The fourth-order valence-corrected chi connectivity index (χ4v) is 1.91. The van der Waals surface area contributed by atoms with Gasteiger partial charge in [0.05, 0.1) is 0 Å². The van der Waals surface area contributed by atoms with Crippen LogP contribution in [0.1, 0.15) is 27.9 Å². The molecule has 2 N–H and O–H groups in total. The number of carbonyl (C=O) groups excluding carboxylic acids is 2. The Balaban J connectivity index is 2.53. The molecule has 0 atom stereocenters. The molecule has 0 saturated heterocycles.